The average Bonchev–Trinajstić information content (AvgIpc) is 2.26. The highest BCUT2D eigenvalue weighted by molar-refractivity contribution is 9.10. The molecule has 0 fully saturated rings. The molecule has 1 aromatic rings. The van der Waals surface area contributed by atoms with E-state index in [9.17, 15) is 4.79 Å². The third-order valence-electron chi connectivity index (χ3n) is 2.53. The average molecular weight is 312 g/mol. The van der Waals surface area contributed by atoms with Crippen molar-refractivity contribution < 1.29 is 4.79 Å². The van der Waals surface area contributed by atoms with Crippen LogP contribution in [-0.4, -0.2) is 23.9 Å². The van der Waals surface area contributed by atoms with Gasteiger partial charge in [-0.3, -0.25) is 4.79 Å². The zero-order chi connectivity index (χ0) is 13.7. The summed E-state index contributed by atoms with van der Waals surface area (Å²) in [5, 5.41) is 0. The van der Waals surface area contributed by atoms with Crippen molar-refractivity contribution in [3.63, 3.8) is 0 Å². The Morgan fingerprint density at radius 3 is 2.17 bits per heavy atom. The Balaban J connectivity index is 2.87. The summed E-state index contributed by atoms with van der Waals surface area (Å²) in [7, 11) is 0. The molecular formula is C15H22BrNO. The Hall–Kier alpha value is -0.830. The standard InChI is InChI=1S/C15H22BrNO/c1-11(2)9-17(10-12(3)4)15(18)13-6-5-7-14(16)8-13/h5-8,11-12H,9-10H2,1-4H3. The minimum absolute atomic E-state index is 0.124. The van der Waals surface area contributed by atoms with Crippen LogP contribution in [0.3, 0.4) is 0 Å². The van der Waals surface area contributed by atoms with Crippen molar-refractivity contribution in [1.29, 1.82) is 0 Å². The van der Waals surface area contributed by atoms with Crippen LogP contribution >= 0.6 is 15.9 Å². The number of hydrogen-bond acceptors (Lipinski definition) is 1. The first-order valence-corrected chi connectivity index (χ1v) is 7.24. The van der Waals surface area contributed by atoms with Gasteiger partial charge >= 0.3 is 0 Å². The normalized spacial score (nSPS) is 11.1. The summed E-state index contributed by atoms with van der Waals surface area (Å²) in [5.74, 6) is 1.10. The maximum absolute atomic E-state index is 12.5. The van der Waals surface area contributed by atoms with E-state index in [1.54, 1.807) is 0 Å². The lowest BCUT2D eigenvalue weighted by Gasteiger charge is -2.26. The molecule has 0 aliphatic heterocycles. The monoisotopic (exact) mass is 311 g/mol. The third kappa shape index (κ3) is 4.81. The lowest BCUT2D eigenvalue weighted by molar-refractivity contribution is 0.0715. The van der Waals surface area contributed by atoms with E-state index in [1.165, 1.54) is 0 Å². The fraction of sp³-hybridized carbons (Fsp3) is 0.533. The second-order valence-corrected chi connectivity index (χ2v) is 6.42. The highest BCUT2D eigenvalue weighted by atomic mass is 79.9. The van der Waals surface area contributed by atoms with Crippen molar-refractivity contribution in [1.82, 2.24) is 4.90 Å². The summed E-state index contributed by atoms with van der Waals surface area (Å²) in [6, 6.07) is 7.60. The number of benzene rings is 1. The Morgan fingerprint density at radius 2 is 1.72 bits per heavy atom. The van der Waals surface area contributed by atoms with Crippen LogP contribution in [0.4, 0.5) is 0 Å². The minimum Gasteiger partial charge on any atom is -0.338 e. The van der Waals surface area contributed by atoms with Gasteiger partial charge in [0.15, 0.2) is 0 Å². The van der Waals surface area contributed by atoms with Crippen molar-refractivity contribution in [2.45, 2.75) is 27.7 Å². The molecular weight excluding hydrogens is 290 g/mol. The van der Waals surface area contributed by atoms with Crippen molar-refractivity contribution in [2.75, 3.05) is 13.1 Å². The molecule has 0 unspecified atom stereocenters. The SMILES string of the molecule is CC(C)CN(CC(C)C)C(=O)c1cccc(Br)c1. The molecule has 0 bridgehead atoms. The first kappa shape index (κ1) is 15.2. The van der Waals surface area contributed by atoms with Gasteiger partial charge in [-0.05, 0) is 30.0 Å². The topological polar surface area (TPSA) is 20.3 Å². The molecule has 3 heteroatoms. The Kier molecular flexibility index (Phi) is 5.86. The van der Waals surface area contributed by atoms with E-state index >= 15 is 0 Å². The summed E-state index contributed by atoms with van der Waals surface area (Å²) < 4.78 is 0.947. The summed E-state index contributed by atoms with van der Waals surface area (Å²) in [5.41, 5.74) is 0.755. The maximum Gasteiger partial charge on any atom is 0.253 e. The van der Waals surface area contributed by atoms with Crippen molar-refractivity contribution in [2.24, 2.45) is 11.8 Å². The molecule has 18 heavy (non-hydrogen) atoms. The summed E-state index contributed by atoms with van der Waals surface area (Å²) in [6.07, 6.45) is 0. The zero-order valence-electron chi connectivity index (χ0n) is 11.6. The van der Waals surface area contributed by atoms with Gasteiger partial charge in [0.1, 0.15) is 0 Å². The number of halogens is 1. The third-order valence-corrected chi connectivity index (χ3v) is 3.02. The molecule has 0 saturated carbocycles. The van der Waals surface area contributed by atoms with E-state index in [0.717, 1.165) is 23.1 Å². The van der Waals surface area contributed by atoms with E-state index < -0.39 is 0 Å². The number of amides is 1. The van der Waals surface area contributed by atoms with Gasteiger partial charge in [0.25, 0.3) is 5.91 Å². The van der Waals surface area contributed by atoms with Gasteiger partial charge in [0, 0.05) is 23.1 Å². The molecule has 1 amide bonds. The van der Waals surface area contributed by atoms with Crippen LogP contribution in [-0.2, 0) is 0 Å². The fourth-order valence-corrected chi connectivity index (χ4v) is 2.33. The molecule has 100 valence electrons. The predicted molar refractivity (Wildman–Crippen MR) is 79.7 cm³/mol. The molecule has 0 aliphatic carbocycles. The molecule has 2 nitrogen and oxygen atoms in total. The van der Waals surface area contributed by atoms with Crippen LogP contribution in [0.1, 0.15) is 38.1 Å². The molecule has 0 spiro atoms. The number of hydrogen-bond donors (Lipinski definition) is 0. The van der Waals surface area contributed by atoms with Crippen molar-refractivity contribution in [3.8, 4) is 0 Å². The first-order valence-electron chi connectivity index (χ1n) is 6.45. The molecule has 0 atom stereocenters. The van der Waals surface area contributed by atoms with E-state index in [-0.39, 0.29) is 5.91 Å². The summed E-state index contributed by atoms with van der Waals surface area (Å²) in [4.78, 5) is 14.4. The van der Waals surface area contributed by atoms with Gasteiger partial charge in [0.05, 0.1) is 0 Å². The zero-order valence-corrected chi connectivity index (χ0v) is 13.2. The molecule has 0 aromatic heterocycles. The Morgan fingerprint density at radius 1 is 1.17 bits per heavy atom. The van der Waals surface area contributed by atoms with Crippen molar-refractivity contribution >= 4 is 21.8 Å². The first-order chi connectivity index (χ1) is 8.40. The quantitative estimate of drug-likeness (QED) is 0.798. The number of rotatable bonds is 5. The largest absolute Gasteiger partial charge is 0.338 e. The van der Waals surface area contributed by atoms with Gasteiger partial charge in [-0.15, -0.1) is 0 Å². The Bertz CT molecular complexity index is 391. The van der Waals surface area contributed by atoms with E-state index in [4.69, 9.17) is 0 Å². The van der Waals surface area contributed by atoms with Gasteiger partial charge in [0.2, 0.25) is 0 Å². The van der Waals surface area contributed by atoms with Crippen LogP contribution in [0.15, 0.2) is 28.7 Å². The number of nitrogens with zero attached hydrogens (tertiary/aromatic N) is 1. The molecule has 0 heterocycles. The molecule has 1 rings (SSSR count). The highest BCUT2D eigenvalue weighted by Crippen LogP contribution is 2.15. The predicted octanol–water partition coefficient (Wildman–Crippen LogP) is 4.20. The summed E-state index contributed by atoms with van der Waals surface area (Å²) in [6.45, 7) is 10.2. The van der Waals surface area contributed by atoms with Gasteiger partial charge < -0.3 is 4.90 Å². The van der Waals surface area contributed by atoms with Crippen LogP contribution in [0.25, 0.3) is 0 Å². The van der Waals surface area contributed by atoms with Gasteiger partial charge in [-0.1, -0.05) is 49.7 Å². The summed E-state index contributed by atoms with van der Waals surface area (Å²) >= 11 is 3.41. The van der Waals surface area contributed by atoms with Crippen LogP contribution in [0.5, 0.6) is 0 Å². The number of carbonyl (C=O) groups is 1. The smallest absolute Gasteiger partial charge is 0.253 e. The molecule has 1 aromatic carbocycles. The van der Waals surface area contributed by atoms with Gasteiger partial charge in [-0.2, -0.15) is 0 Å². The second kappa shape index (κ2) is 6.93. The number of carbonyl (C=O) groups excluding carboxylic acids is 1. The molecule has 0 saturated heterocycles. The van der Waals surface area contributed by atoms with Gasteiger partial charge in [-0.25, -0.2) is 0 Å². The lowest BCUT2D eigenvalue weighted by Crippen LogP contribution is -2.37. The van der Waals surface area contributed by atoms with E-state index in [0.29, 0.717) is 11.8 Å². The molecule has 0 N–H and O–H groups in total. The highest BCUT2D eigenvalue weighted by Gasteiger charge is 2.17. The molecule has 0 radical (unpaired) electrons. The van der Waals surface area contributed by atoms with Crippen LogP contribution in [0, 0.1) is 11.8 Å². The van der Waals surface area contributed by atoms with Crippen LogP contribution in [0.2, 0.25) is 0 Å². The van der Waals surface area contributed by atoms with Crippen molar-refractivity contribution in [3.05, 3.63) is 34.3 Å². The van der Waals surface area contributed by atoms with E-state index in [2.05, 4.69) is 43.6 Å². The minimum atomic E-state index is 0.124. The molecule has 0 aliphatic rings. The second-order valence-electron chi connectivity index (χ2n) is 5.51. The maximum atomic E-state index is 12.5. The lowest BCUT2D eigenvalue weighted by atomic mass is 10.1. The fourth-order valence-electron chi connectivity index (χ4n) is 1.93. The van der Waals surface area contributed by atoms with E-state index in [1.807, 2.05) is 29.2 Å². The Labute approximate surface area is 119 Å². The van der Waals surface area contributed by atoms with Crippen LogP contribution < -0.4 is 0 Å².